The van der Waals surface area contributed by atoms with E-state index in [9.17, 15) is 17.3 Å². The quantitative estimate of drug-likeness (QED) is 0.181. The van der Waals surface area contributed by atoms with E-state index in [4.69, 9.17) is 0 Å². The van der Waals surface area contributed by atoms with Gasteiger partial charge in [-0.3, -0.25) is 0 Å². The molecule has 0 aromatic carbocycles. The Balaban J connectivity index is 0.00000110. The lowest BCUT2D eigenvalue weighted by molar-refractivity contribution is 0.257. The molecule has 0 amide bonds. The minimum absolute atomic E-state index is 1.13. The Hall–Kier alpha value is -0.875. The molecule has 1 heterocycles. The minimum atomic E-state index is -6.00. The highest BCUT2D eigenvalue weighted by Gasteiger charge is 2.20. The van der Waals surface area contributed by atoms with Gasteiger partial charge in [-0.1, -0.05) is 78.1 Å². The fourth-order valence-electron chi connectivity index (χ4n) is 3.00. The van der Waals surface area contributed by atoms with Crippen molar-refractivity contribution in [1.82, 2.24) is 9.80 Å². The first-order chi connectivity index (χ1) is 12.4. The Labute approximate surface area is 158 Å². The second kappa shape index (κ2) is 16.3. The second-order valence-corrected chi connectivity index (χ2v) is 7.09. The Bertz CT molecular complexity index is 308. The monoisotopic (exact) mass is 381 g/mol. The van der Waals surface area contributed by atoms with Crippen LogP contribution in [0.5, 0.6) is 0 Å². The van der Waals surface area contributed by atoms with Crippen molar-refractivity contribution in [2.45, 2.75) is 90.9 Å². The van der Waals surface area contributed by atoms with Crippen molar-refractivity contribution >= 4 is 7.25 Å². The summed E-state index contributed by atoms with van der Waals surface area (Å²) in [5.41, 5.74) is 0. The third-order valence-electron chi connectivity index (χ3n) is 4.45. The lowest BCUT2D eigenvalue weighted by Crippen LogP contribution is -2.26. The SMILES string of the molecule is CCCCCCCCN1C=CN(CCCCCCCC)C1.F[B-](F)(F)F. The maximum atomic E-state index is 9.75. The van der Waals surface area contributed by atoms with E-state index in [1.54, 1.807) is 0 Å². The first-order valence-electron chi connectivity index (χ1n) is 10.4. The van der Waals surface area contributed by atoms with Crippen LogP contribution in [0.4, 0.5) is 17.3 Å². The first kappa shape index (κ1) is 25.1. The van der Waals surface area contributed by atoms with Crippen molar-refractivity contribution in [2.24, 2.45) is 0 Å². The highest BCUT2D eigenvalue weighted by Crippen LogP contribution is 2.12. The number of hydrogen-bond acceptors (Lipinski definition) is 2. The highest BCUT2D eigenvalue weighted by molar-refractivity contribution is 6.50. The predicted octanol–water partition coefficient (Wildman–Crippen LogP) is 7.05. The molecule has 0 aliphatic carbocycles. The summed E-state index contributed by atoms with van der Waals surface area (Å²) >= 11 is 0. The van der Waals surface area contributed by atoms with Gasteiger partial charge in [-0.05, 0) is 12.8 Å². The molecule has 156 valence electrons. The summed E-state index contributed by atoms with van der Waals surface area (Å²) in [4.78, 5) is 4.97. The van der Waals surface area contributed by atoms with Gasteiger partial charge in [0.25, 0.3) is 0 Å². The summed E-state index contributed by atoms with van der Waals surface area (Å²) in [6.45, 7) is 8.19. The maximum Gasteiger partial charge on any atom is 0.673 e. The average molecular weight is 381 g/mol. The van der Waals surface area contributed by atoms with E-state index in [1.807, 2.05) is 0 Å². The number of nitrogens with zero attached hydrogens (tertiary/aromatic N) is 2. The van der Waals surface area contributed by atoms with Crippen LogP contribution in [0, 0.1) is 0 Å². The average Bonchev–Trinajstić information content (AvgIpc) is 3.00. The molecule has 0 bridgehead atoms. The minimum Gasteiger partial charge on any atom is -0.418 e. The van der Waals surface area contributed by atoms with Gasteiger partial charge in [-0.2, -0.15) is 0 Å². The third kappa shape index (κ3) is 19.4. The molecular weight excluding hydrogens is 343 g/mol. The summed E-state index contributed by atoms with van der Waals surface area (Å²) in [6.07, 6.45) is 21.3. The molecule has 0 atom stereocenters. The summed E-state index contributed by atoms with van der Waals surface area (Å²) in [7, 11) is -6.00. The van der Waals surface area contributed by atoms with Crippen LogP contribution in [0.25, 0.3) is 0 Å². The van der Waals surface area contributed by atoms with Crippen LogP contribution in [-0.4, -0.2) is 36.8 Å². The Morgan fingerprint density at radius 3 is 1.27 bits per heavy atom. The summed E-state index contributed by atoms with van der Waals surface area (Å²) in [6, 6.07) is 0. The van der Waals surface area contributed by atoms with Gasteiger partial charge in [0, 0.05) is 25.5 Å². The van der Waals surface area contributed by atoms with Gasteiger partial charge < -0.3 is 27.1 Å². The molecule has 0 fully saturated rings. The summed E-state index contributed by atoms with van der Waals surface area (Å²) in [5, 5.41) is 0. The van der Waals surface area contributed by atoms with Gasteiger partial charge in [-0.15, -0.1) is 0 Å². The molecule has 0 N–H and O–H groups in total. The molecule has 0 radical (unpaired) electrons. The van der Waals surface area contributed by atoms with Crippen molar-refractivity contribution in [2.75, 3.05) is 19.8 Å². The molecule has 26 heavy (non-hydrogen) atoms. The van der Waals surface area contributed by atoms with E-state index in [0.29, 0.717) is 0 Å². The van der Waals surface area contributed by atoms with Crippen molar-refractivity contribution < 1.29 is 17.3 Å². The van der Waals surface area contributed by atoms with E-state index in [-0.39, 0.29) is 0 Å². The van der Waals surface area contributed by atoms with Gasteiger partial charge in [0.15, 0.2) is 0 Å². The molecule has 2 nitrogen and oxygen atoms in total. The van der Waals surface area contributed by atoms with E-state index in [1.165, 1.54) is 90.1 Å². The van der Waals surface area contributed by atoms with Crippen LogP contribution in [0.3, 0.4) is 0 Å². The van der Waals surface area contributed by atoms with Gasteiger partial charge in [0.2, 0.25) is 0 Å². The molecule has 0 saturated carbocycles. The van der Waals surface area contributed by atoms with Gasteiger partial charge in [0.1, 0.15) is 0 Å². The normalized spacial score (nSPS) is 13.9. The van der Waals surface area contributed by atoms with Crippen molar-refractivity contribution in [3.05, 3.63) is 12.4 Å². The third-order valence-corrected chi connectivity index (χ3v) is 4.45. The fraction of sp³-hybridized carbons (Fsp3) is 0.895. The zero-order valence-corrected chi connectivity index (χ0v) is 16.7. The lowest BCUT2D eigenvalue weighted by Gasteiger charge is -2.21. The molecule has 0 unspecified atom stereocenters. The van der Waals surface area contributed by atoms with Crippen LogP contribution >= 0.6 is 0 Å². The Morgan fingerprint density at radius 2 is 0.923 bits per heavy atom. The zero-order chi connectivity index (χ0) is 19.7. The summed E-state index contributed by atoms with van der Waals surface area (Å²) in [5.74, 6) is 0. The molecule has 0 saturated heterocycles. The predicted molar refractivity (Wildman–Crippen MR) is 104 cm³/mol. The van der Waals surface area contributed by atoms with E-state index < -0.39 is 7.25 Å². The second-order valence-electron chi connectivity index (χ2n) is 7.09. The Kier molecular flexibility index (Phi) is 15.8. The molecular formula is C19H38BF4N2-. The zero-order valence-electron chi connectivity index (χ0n) is 16.7. The van der Waals surface area contributed by atoms with Crippen LogP contribution in [0.1, 0.15) is 90.9 Å². The van der Waals surface area contributed by atoms with E-state index in [0.717, 1.165) is 6.67 Å². The number of rotatable bonds is 14. The Morgan fingerprint density at radius 1 is 0.615 bits per heavy atom. The van der Waals surface area contributed by atoms with Crippen molar-refractivity contribution in [1.29, 1.82) is 0 Å². The van der Waals surface area contributed by atoms with Crippen LogP contribution in [0.2, 0.25) is 0 Å². The summed E-state index contributed by atoms with van der Waals surface area (Å²) < 4.78 is 39.0. The van der Waals surface area contributed by atoms with Crippen LogP contribution in [0.15, 0.2) is 12.4 Å². The largest absolute Gasteiger partial charge is 0.673 e. The first-order valence-corrected chi connectivity index (χ1v) is 10.4. The molecule has 1 aliphatic rings. The molecule has 1 aliphatic heterocycles. The molecule has 0 aromatic rings. The van der Waals surface area contributed by atoms with E-state index >= 15 is 0 Å². The standard InChI is InChI=1S/C19H38N2.BF4/c1-3-5-7-9-11-13-15-20-17-18-21(19-20)16-14-12-10-8-6-4-2;2-1(3,4)5/h17-18H,3-16,19H2,1-2H3;/q;-1. The van der Waals surface area contributed by atoms with Gasteiger partial charge in [0.05, 0.1) is 6.67 Å². The lowest BCUT2D eigenvalue weighted by atomic mass is 10.1. The van der Waals surface area contributed by atoms with Crippen molar-refractivity contribution in [3.63, 3.8) is 0 Å². The van der Waals surface area contributed by atoms with Gasteiger partial charge >= 0.3 is 7.25 Å². The van der Waals surface area contributed by atoms with Crippen LogP contribution in [-0.2, 0) is 0 Å². The van der Waals surface area contributed by atoms with Crippen LogP contribution < -0.4 is 0 Å². The fourth-order valence-corrected chi connectivity index (χ4v) is 3.00. The number of hydrogen-bond donors (Lipinski definition) is 0. The molecule has 0 aromatic heterocycles. The molecule has 0 spiro atoms. The maximum absolute atomic E-state index is 9.75. The van der Waals surface area contributed by atoms with Gasteiger partial charge in [-0.25, -0.2) is 0 Å². The smallest absolute Gasteiger partial charge is 0.418 e. The number of unbranched alkanes of at least 4 members (excludes halogenated alkanes) is 10. The topological polar surface area (TPSA) is 6.48 Å². The molecule has 7 heteroatoms. The van der Waals surface area contributed by atoms with E-state index in [2.05, 4.69) is 36.0 Å². The van der Waals surface area contributed by atoms with Crippen molar-refractivity contribution in [3.8, 4) is 0 Å². The number of halogens is 4. The molecule has 1 rings (SSSR count). The highest BCUT2D eigenvalue weighted by atomic mass is 19.5.